The van der Waals surface area contributed by atoms with Crippen LogP contribution in [0.25, 0.3) is 88.0 Å². The topological polar surface area (TPSA) is 3.24 Å². The maximum absolute atomic E-state index is 2.46. The summed E-state index contributed by atoms with van der Waals surface area (Å²) < 4.78 is 0. The van der Waals surface area contributed by atoms with Crippen molar-refractivity contribution in [3.8, 4) is 55.6 Å². The first-order valence-corrected chi connectivity index (χ1v) is 22.3. The van der Waals surface area contributed by atoms with Crippen molar-refractivity contribution >= 4 is 49.4 Å². The minimum atomic E-state index is -0.0551. The zero-order valence-electron chi connectivity index (χ0n) is 36.0. The van der Waals surface area contributed by atoms with Crippen molar-refractivity contribution in [1.82, 2.24) is 0 Å². The number of rotatable bonds is 7. The number of nitrogens with zero attached hydrogens (tertiary/aromatic N) is 1. The Labute approximate surface area is 375 Å². The second kappa shape index (κ2) is 15.1. The third-order valence-corrected chi connectivity index (χ3v) is 13.6. The average Bonchev–Trinajstić information content (AvgIpc) is 3.59. The largest absolute Gasteiger partial charge is 0.310 e. The van der Waals surface area contributed by atoms with Crippen molar-refractivity contribution in [1.29, 1.82) is 0 Å². The van der Waals surface area contributed by atoms with Gasteiger partial charge in [-0.05, 0) is 148 Å². The van der Waals surface area contributed by atoms with E-state index < -0.39 is 0 Å². The van der Waals surface area contributed by atoms with Crippen molar-refractivity contribution in [3.05, 3.63) is 248 Å². The van der Waals surface area contributed by atoms with E-state index in [2.05, 4.69) is 255 Å². The Bertz CT molecular complexity index is 3500. The molecule has 0 aliphatic heterocycles. The molecule has 12 rings (SSSR count). The average molecular weight is 816 g/mol. The van der Waals surface area contributed by atoms with Crippen molar-refractivity contribution in [2.45, 2.75) is 19.3 Å². The van der Waals surface area contributed by atoms with Gasteiger partial charge in [-0.25, -0.2) is 0 Å². The molecule has 0 unspecified atom stereocenters. The first-order chi connectivity index (χ1) is 31.5. The third kappa shape index (κ3) is 6.08. The zero-order chi connectivity index (χ0) is 42.8. The molecule has 1 heteroatoms. The highest BCUT2D eigenvalue weighted by Crippen LogP contribution is 2.52. The van der Waals surface area contributed by atoms with E-state index in [1.807, 2.05) is 0 Å². The van der Waals surface area contributed by atoms with E-state index in [4.69, 9.17) is 0 Å². The maximum Gasteiger partial charge on any atom is 0.0468 e. The summed E-state index contributed by atoms with van der Waals surface area (Å²) in [5.74, 6) is 0. The predicted octanol–water partition coefficient (Wildman–Crippen LogP) is 17.6. The highest BCUT2D eigenvalue weighted by Gasteiger charge is 2.35. The Morgan fingerprint density at radius 3 is 1.48 bits per heavy atom. The molecule has 0 fully saturated rings. The highest BCUT2D eigenvalue weighted by molar-refractivity contribution is 6.33. The number of para-hydroxylation sites is 2. The third-order valence-electron chi connectivity index (χ3n) is 13.6. The van der Waals surface area contributed by atoms with E-state index in [0.29, 0.717) is 0 Å². The molecule has 0 atom stereocenters. The molecule has 64 heavy (non-hydrogen) atoms. The monoisotopic (exact) mass is 815 g/mol. The number of fused-ring (bicyclic) bond motifs is 9. The van der Waals surface area contributed by atoms with Gasteiger partial charge in [0.25, 0.3) is 0 Å². The smallest absolute Gasteiger partial charge is 0.0468 e. The van der Waals surface area contributed by atoms with Gasteiger partial charge in [0.15, 0.2) is 0 Å². The molecule has 0 radical (unpaired) electrons. The number of hydrogen-bond donors (Lipinski definition) is 0. The van der Waals surface area contributed by atoms with Crippen molar-refractivity contribution < 1.29 is 0 Å². The fourth-order valence-corrected chi connectivity index (χ4v) is 10.6. The number of hydrogen-bond acceptors (Lipinski definition) is 1. The van der Waals surface area contributed by atoms with Crippen LogP contribution in [-0.2, 0) is 5.41 Å². The molecule has 11 aromatic carbocycles. The summed E-state index contributed by atoms with van der Waals surface area (Å²) >= 11 is 0. The van der Waals surface area contributed by atoms with Crippen LogP contribution in [0.4, 0.5) is 17.1 Å². The maximum atomic E-state index is 2.46. The summed E-state index contributed by atoms with van der Waals surface area (Å²) in [7, 11) is 0. The van der Waals surface area contributed by atoms with Gasteiger partial charge in [0.1, 0.15) is 0 Å². The lowest BCUT2D eigenvalue weighted by molar-refractivity contribution is 0.660. The Morgan fingerprint density at radius 1 is 0.281 bits per heavy atom. The molecule has 302 valence electrons. The second-order valence-electron chi connectivity index (χ2n) is 17.6. The molecule has 0 saturated heterocycles. The van der Waals surface area contributed by atoms with Gasteiger partial charge in [0, 0.05) is 22.5 Å². The minimum absolute atomic E-state index is 0.0551. The van der Waals surface area contributed by atoms with Crippen LogP contribution in [0.1, 0.15) is 25.0 Å². The van der Waals surface area contributed by atoms with Gasteiger partial charge in [-0.1, -0.05) is 202 Å². The second-order valence-corrected chi connectivity index (χ2v) is 17.6. The van der Waals surface area contributed by atoms with Crippen molar-refractivity contribution in [2.75, 3.05) is 4.90 Å². The van der Waals surface area contributed by atoms with Crippen LogP contribution in [0.2, 0.25) is 0 Å². The molecule has 0 spiro atoms. The van der Waals surface area contributed by atoms with Crippen LogP contribution >= 0.6 is 0 Å². The molecule has 0 heterocycles. The van der Waals surface area contributed by atoms with E-state index in [1.165, 1.54) is 99.1 Å². The summed E-state index contributed by atoms with van der Waals surface area (Å²) in [5.41, 5.74) is 18.5. The first kappa shape index (κ1) is 37.7. The van der Waals surface area contributed by atoms with Gasteiger partial charge < -0.3 is 4.90 Å². The van der Waals surface area contributed by atoms with E-state index in [-0.39, 0.29) is 5.41 Å². The van der Waals surface area contributed by atoms with E-state index in [0.717, 1.165) is 17.1 Å². The normalized spacial score (nSPS) is 12.7. The van der Waals surface area contributed by atoms with Crippen LogP contribution in [0.15, 0.2) is 237 Å². The van der Waals surface area contributed by atoms with Crippen LogP contribution < -0.4 is 4.90 Å². The van der Waals surface area contributed by atoms with Gasteiger partial charge >= 0.3 is 0 Å². The summed E-state index contributed by atoms with van der Waals surface area (Å²) in [6.07, 6.45) is 0. The lowest BCUT2D eigenvalue weighted by atomic mass is 9.81. The van der Waals surface area contributed by atoms with Gasteiger partial charge in [-0.3, -0.25) is 0 Å². The van der Waals surface area contributed by atoms with Crippen molar-refractivity contribution in [3.63, 3.8) is 0 Å². The molecule has 1 nitrogen and oxygen atoms in total. The summed E-state index contributed by atoms with van der Waals surface area (Å²) in [5, 5.41) is 7.47. The molecule has 1 aliphatic rings. The molecule has 0 N–H and O–H groups in total. The first-order valence-electron chi connectivity index (χ1n) is 22.3. The van der Waals surface area contributed by atoms with Crippen LogP contribution in [0.5, 0.6) is 0 Å². The van der Waals surface area contributed by atoms with Gasteiger partial charge in [-0.15, -0.1) is 0 Å². The fourth-order valence-electron chi connectivity index (χ4n) is 10.6. The fraction of sp³-hybridized carbons (Fsp3) is 0.0476. The van der Waals surface area contributed by atoms with Gasteiger partial charge in [0.05, 0.1) is 0 Å². The van der Waals surface area contributed by atoms with E-state index in [1.54, 1.807) is 0 Å². The number of benzene rings is 11. The predicted molar refractivity (Wildman–Crippen MR) is 273 cm³/mol. The number of anilines is 3. The molecule has 11 aromatic rings. The lowest BCUT2D eigenvalue weighted by Gasteiger charge is -2.27. The molecule has 0 aromatic heterocycles. The zero-order valence-corrected chi connectivity index (χ0v) is 36.0. The van der Waals surface area contributed by atoms with E-state index in [9.17, 15) is 0 Å². The Hall–Kier alpha value is -8.00. The molecular weight excluding hydrogens is 771 g/mol. The Kier molecular flexibility index (Phi) is 8.91. The molecule has 0 saturated carbocycles. The van der Waals surface area contributed by atoms with Crippen LogP contribution in [0.3, 0.4) is 0 Å². The standard InChI is InChI=1S/C63H45N/c1-63(2)58-30-18-17-28-51(58)52-37-35-46(39-59(52)63)42-31-33-44(34-32-42)55-41-56(43-19-7-3-8-20-43)61-53-29-16-15-27-50(53)57-40-49(36-38-54(57)62(61)60(55)45-21-9-4-10-22-45)64(47-23-11-5-12-24-47)48-25-13-6-14-26-48/h3-41H,1-2H3. The molecule has 1 aliphatic carbocycles. The summed E-state index contributed by atoms with van der Waals surface area (Å²) in [6.45, 7) is 4.71. The molecule has 0 bridgehead atoms. The summed E-state index contributed by atoms with van der Waals surface area (Å²) in [4.78, 5) is 2.37. The lowest BCUT2D eigenvalue weighted by Crippen LogP contribution is -2.14. The SMILES string of the molecule is CC1(C)c2ccccc2-c2ccc(-c3ccc(-c4cc(-c5ccccc5)c5c6ccccc6c6cc(N(c7ccccc7)c7ccccc7)ccc6c5c4-c4ccccc4)cc3)cc21. The highest BCUT2D eigenvalue weighted by atomic mass is 15.1. The Morgan fingerprint density at radius 2 is 0.797 bits per heavy atom. The molecular formula is C63H45N. The van der Waals surface area contributed by atoms with Crippen LogP contribution in [0, 0.1) is 0 Å². The molecule has 0 amide bonds. The van der Waals surface area contributed by atoms with Gasteiger partial charge in [-0.2, -0.15) is 0 Å². The van der Waals surface area contributed by atoms with E-state index >= 15 is 0 Å². The quantitative estimate of drug-likeness (QED) is 0.145. The minimum Gasteiger partial charge on any atom is -0.310 e. The van der Waals surface area contributed by atoms with Gasteiger partial charge in [0.2, 0.25) is 0 Å². The Balaban J connectivity index is 1.12. The van der Waals surface area contributed by atoms with Crippen LogP contribution in [-0.4, -0.2) is 0 Å². The summed E-state index contributed by atoms with van der Waals surface area (Å²) in [6, 6.07) is 87.2. The van der Waals surface area contributed by atoms with Crippen molar-refractivity contribution in [2.24, 2.45) is 0 Å².